The van der Waals surface area contributed by atoms with Gasteiger partial charge in [0.15, 0.2) is 6.10 Å². The minimum Gasteiger partial charge on any atom is -0.363 e. The molecule has 0 radical (unpaired) electrons. The first-order valence-electron chi connectivity index (χ1n) is 12.2. The van der Waals surface area contributed by atoms with Gasteiger partial charge in [0.2, 0.25) is 5.91 Å². The van der Waals surface area contributed by atoms with Crippen LogP contribution in [0.1, 0.15) is 36.8 Å². The van der Waals surface area contributed by atoms with E-state index < -0.39 is 12.1 Å². The van der Waals surface area contributed by atoms with Gasteiger partial charge in [-0.05, 0) is 43.4 Å². The molecule has 4 atom stereocenters. The first-order chi connectivity index (χ1) is 16.5. The second-order valence-electron chi connectivity index (χ2n) is 9.53. The Morgan fingerprint density at radius 3 is 2.56 bits per heavy atom. The van der Waals surface area contributed by atoms with E-state index >= 15 is 0 Å². The molecule has 34 heavy (non-hydrogen) atoms. The van der Waals surface area contributed by atoms with Crippen molar-refractivity contribution >= 4 is 23.5 Å². The van der Waals surface area contributed by atoms with Gasteiger partial charge >= 0.3 is 6.03 Å². The van der Waals surface area contributed by atoms with Crippen molar-refractivity contribution in [3.8, 4) is 0 Å². The van der Waals surface area contributed by atoms with Crippen LogP contribution in [0.4, 0.5) is 10.5 Å². The average molecular weight is 462 g/mol. The summed E-state index contributed by atoms with van der Waals surface area (Å²) in [5, 5.41) is 2.94. The van der Waals surface area contributed by atoms with Gasteiger partial charge < -0.3 is 15.0 Å². The van der Waals surface area contributed by atoms with Crippen LogP contribution in [0.5, 0.6) is 0 Å². The molecule has 7 heteroatoms. The number of aryl methyl sites for hydroxylation is 1. The van der Waals surface area contributed by atoms with Crippen molar-refractivity contribution < 1.29 is 19.1 Å². The standard InChI is InChI=1S/C27H31N3O4/c1-18-9-5-7-13-21(18)28-23(31)17-30-24-20-12-6-8-14-22(20)34-25(24)26(32)29(27(30)33)16-15-19-10-3-2-4-11-19/h2-5,7,9-11,13,20,22,24-25H,6,8,12,14-17H2,1H3,(H,28,31). The number of nitrogens with one attached hydrogen (secondary N) is 1. The highest BCUT2D eigenvalue weighted by Crippen LogP contribution is 2.43. The zero-order chi connectivity index (χ0) is 23.7. The van der Waals surface area contributed by atoms with Crippen molar-refractivity contribution in [2.24, 2.45) is 5.92 Å². The highest BCUT2D eigenvalue weighted by molar-refractivity contribution is 6.02. The number of imide groups is 1. The average Bonchev–Trinajstić information content (AvgIpc) is 3.24. The van der Waals surface area contributed by atoms with Crippen LogP contribution in [-0.2, 0) is 20.7 Å². The minimum atomic E-state index is -0.701. The number of fused-ring (bicyclic) bond motifs is 3. The Kier molecular flexibility index (Phi) is 6.37. The van der Waals surface area contributed by atoms with Crippen molar-refractivity contribution in [3.05, 3.63) is 65.7 Å². The van der Waals surface area contributed by atoms with Gasteiger partial charge in [-0.2, -0.15) is 0 Å². The monoisotopic (exact) mass is 461 g/mol. The lowest BCUT2D eigenvalue weighted by Gasteiger charge is -2.43. The molecule has 0 spiro atoms. The molecule has 2 aromatic rings. The molecule has 3 aliphatic rings. The third-order valence-electron chi connectivity index (χ3n) is 7.37. The van der Waals surface area contributed by atoms with E-state index in [-0.39, 0.29) is 43.0 Å². The van der Waals surface area contributed by atoms with Gasteiger partial charge in [-0.25, -0.2) is 4.79 Å². The third kappa shape index (κ3) is 4.32. The predicted molar refractivity (Wildman–Crippen MR) is 128 cm³/mol. The number of urea groups is 1. The van der Waals surface area contributed by atoms with Crippen LogP contribution in [-0.4, -0.2) is 59.0 Å². The SMILES string of the molecule is Cc1ccccc1NC(=O)CN1C(=O)N(CCc2ccccc2)C(=O)C2OC3CCCCC3C21. The molecule has 3 fully saturated rings. The van der Waals surface area contributed by atoms with E-state index in [1.807, 2.05) is 61.5 Å². The highest BCUT2D eigenvalue weighted by atomic mass is 16.5. The summed E-state index contributed by atoms with van der Waals surface area (Å²) in [6.45, 7) is 2.09. The van der Waals surface area contributed by atoms with Crippen LogP contribution in [0.3, 0.4) is 0 Å². The molecule has 0 bridgehead atoms. The Hall–Kier alpha value is -3.19. The fourth-order valence-corrected chi connectivity index (χ4v) is 5.63. The lowest BCUT2D eigenvalue weighted by Crippen LogP contribution is -2.65. The topological polar surface area (TPSA) is 79.0 Å². The van der Waals surface area contributed by atoms with Gasteiger partial charge in [-0.3, -0.25) is 14.5 Å². The molecule has 7 nitrogen and oxygen atoms in total. The van der Waals surface area contributed by atoms with Crippen molar-refractivity contribution in [1.82, 2.24) is 9.80 Å². The van der Waals surface area contributed by atoms with Crippen LogP contribution in [0, 0.1) is 12.8 Å². The number of hydrogen-bond acceptors (Lipinski definition) is 4. The fourth-order valence-electron chi connectivity index (χ4n) is 5.63. The Bertz CT molecular complexity index is 1070. The van der Waals surface area contributed by atoms with Gasteiger partial charge in [-0.1, -0.05) is 61.4 Å². The second-order valence-corrected chi connectivity index (χ2v) is 9.53. The van der Waals surface area contributed by atoms with E-state index in [0.29, 0.717) is 6.42 Å². The van der Waals surface area contributed by atoms with E-state index in [2.05, 4.69) is 5.32 Å². The summed E-state index contributed by atoms with van der Waals surface area (Å²) in [7, 11) is 0. The number of carbonyl (C=O) groups excluding carboxylic acids is 3. The molecular formula is C27H31N3O4. The van der Waals surface area contributed by atoms with Gasteiger partial charge in [0, 0.05) is 18.2 Å². The summed E-state index contributed by atoms with van der Waals surface area (Å²) in [5.74, 6) is -0.442. The molecule has 1 N–H and O–H groups in total. The molecule has 2 saturated heterocycles. The predicted octanol–water partition coefficient (Wildman–Crippen LogP) is 3.77. The molecule has 2 aliphatic heterocycles. The molecule has 2 aromatic carbocycles. The van der Waals surface area contributed by atoms with Gasteiger partial charge in [-0.15, -0.1) is 0 Å². The minimum absolute atomic E-state index is 0.0310. The normalized spacial score (nSPS) is 26.3. The van der Waals surface area contributed by atoms with Crippen molar-refractivity contribution in [2.45, 2.75) is 57.3 Å². The maximum atomic E-state index is 13.6. The molecule has 1 saturated carbocycles. The van der Waals surface area contributed by atoms with Crippen LogP contribution in [0.15, 0.2) is 54.6 Å². The van der Waals surface area contributed by atoms with E-state index in [0.717, 1.165) is 42.5 Å². The molecule has 0 aromatic heterocycles. The number of para-hydroxylation sites is 1. The number of nitrogens with zero attached hydrogens (tertiary/aromatic N) is 2. The van der Waals surface area contributed by atoms with Crippen LogP contribution >= 0.6 is 0 Å². The lowest BCUT2D eigenvalue weighted by atomic mass is 9.81. The van der Waals surface area contributed by atoms with Gasteiger partial charge in [0.05, 0.1) is 12.1 Å². The Labute approximate surface area is 200 Å². The van der Waals surface area contributed by atoms with E-state index in [9.17, 15) is 14.4 Å². The highest BCUT2D eigenvalue weighted by Gasteiger charge is 2.57. The van der Waals surface area contributed by atoms with Crippen molar-refractivity contribution in [3.63, 3.8) is 0 Å². The summed E-state index contributed by atoms with van der Waals surface area (Å²) >= 11 is 0. The zero-order valence-corrected chi connectivity index (χ0v) is 19.5. The summed E-state index contributed by atoms with van der Waals surface area (Å²) < 4.78 is 6.24. The fraction of sp³-hybridized carbons (Fsp3) is 0.444. The Morgan fingerprint density at radius 1 is 1.03 bits per heavy atom. The van der Waals surface area contributed by atoms with E-state index in [1.165, 1.54) is 4.90 Å². The first kappa shape index (κ1) is 22.6. The number of anilines is 1. The molecule has 4 amide bonds. The Morgan fingerprint density at radius 2 is 1.76 bits per heavy atom. The molecular weight excluding hydrogens is 430 g/mol. The van der Waals surface area contributed by atoms with Crippen molar-refractivity contribution in [2.75, 3.05) is 18.4 Å². The van der Waals surface area contributed by atoms with Crippen LogP contribution in [0.2, 0.25) is 0 Å². The number of hydrogen-bond donors (Lipinski definition) is 1. The molecule has 4 unspecified atom stereocenters. The Balaban J connectivity index is 1.38. The number of rotatable bonds is 6. The maximum absolute atomic E-state index is 13.6. The maximum Gasteiger partial charge on any atom is 0.327 e. The lowest BCUT2D eigenvalue weighted by molar-refractivity contribution is -0.147. The van der Waals surface area contributed by atoms with E-state index in [1.54, 1.807) is 4.90 Å². The van der Waals surface area contributed by atoms with Crippen LogP contribution in [0.25, 0.3) is 0 Å². The number of carbonyl (C=O) groups is 3. The smallest absolute Gasteiger partial charge is 0.327 e. The third-order valence-corrected chi connectivity index (χ3v) is 7.37. The summed E-state index contributed by atoms with van der Waals surface area (Å²) in [4.78, 5) is 43.0. The van der Waals surface area contributed by atoms with E-state index in [4.69, 9.17) is 4.74 Å². The molecule has 2 heterocycles. The summed E-state index contributed by atoms with van der Waals surface area (Å²) in [6, 6.07) is 16.6. The number of benzene rings is 2. The molecule has 178 valence electrons. The molecule has 1 aliphatic carbocycles. The summed E-state index contributed by atoms with van der Waals surface area (Å²) in [6.07, 6.45) is 3.75. The number of ether oxygens (including phenoxy) is 1. The second kappa shape index (κ2) is 9.58. The quantitative estimate of drug-likeness (QED) is 0.710. The van der Waals surface area contributed by atoms with Gasteiger partial charge in [0.1, 0.15) is 6.54 Å². The number of amides is 4. The zero-order valence-electron chi connectivity index (χ0n) is 19.5. The van der Waals surface area contributed by atoms with Crippen LogP contribution < -0.4 is 5.32 Å². The van der Waals surface area contributed by atoms with Gasteiger partial charge in [0.25, 0.3) is 5.91 Å². The largest absolute Gasteiger partial charge is 0.363 e. The molecule has 5 rings (SSSR count). The van der Waals surface area contributed by atoms with Crippen molar-refractivity contribution in [1.29, 1.82) is 0 Å². The summed E-state index contributed by atoms with van der Waals surface area (Å²) in [5.41, 5.74) is 2.73. The first-order valence-corrected chi connectivity index (χ1v) is 12.2.